The number of halogens is 1. The van der Waals surface area contributed by atoms with Gasteiger partial charge >= 0.3 is 0 Å². The van der Waals surface area contributed by atoms with Crippen LogP contribution >= 0.6 is 39.0 Å². The first-order chi connectivity index (χ1) is 8.20. The van der Waals surface area contributed by atoms with Gasteiger partial charge in [-0.1, -0.05) is 13.3 Å². The number of nitrogens with one attached hydrogen (secondary N) is 1. The minimum Gasteiger partial charge on any atom is -0.348 e. The summed E-state index contributed by atoms with van der Waals surface area (Å²) in [5.41, 5.74) is 0.772. The number of thioether (sulfide) groups is 1. The van der Waals surface area contributed by atoms with Crippen LogP contribution in [0.5, 0.6) is 0 Å². The first-order valence-corrected chi connectivity index (χ1v) is 8.59. The molecule has 1 aromatic heterocycles. The highest BCUT2D eigenvalue weighted by molar-refractivity contribution is 9.11. The highest BCUT2D eigenvalue weighted by Crippen LogP contribution is 2.30. The molecule has 2 rings (SSSR count). The van der Waals surface area contributed by atoms with E-state index in [0.717, 1.165) is 21.5 Å². The Morgan fingerprint density at radius 1 is 1.65 bits per heavy atom. The minimum absolute atomic E-state index is 0.0700. The van der Waals surface area contributed by atoms with Crippen LogP contribution in [0.4, 0.5) is 0 Å². The molecule has 1 aromatic rings. The lowest BCUT2D eigenvalue weighted by Crippen LogP contribution is -2.38. The lowest BCUT2D eigenvalue weighted by molar-refractivity contribution is 0.0939. The average Bonchev–Trinajstić information content (AvgIpc) is 2.89. The molecule has 2 unspecified atom stereocenters. The fourth-order valence-electron chi connectivity index (χ4n) is 2.19. The third-order valence-corrected chi connectivity index (χ3v) is 5.81. The molecule has 94 valence electrons. The summed E-state index contributed by atoms with van der Waals surface area (Å²) in [5, 5.41) is 5.67. The maximum atomic E-state index is 12.0. The zero-order chi connectivity index (χ0) is 12.3. The molecule has 1 aliphatic carbocycles. The van der Waals surface area contributed by atoms with E-state index in [-0.39, 0.29) is 5.91 Å². The van der Waals surface area contributed by atoms with Crippen molar-refractivity contribution in [2.45, 2.75) is 37.5 Å². The molecule has 1 N–H and O–H groups in total. The molecule has 0 bridgehead atoms. The van der Waals surface area contributed by atoms with Crippen LogP contribution in [0.3, 0.4) is 0 Å². The Kier molecular flexibility index (Phi) is 4.94. The standard InChI is InChI=1S/C12H16BrNOS2/c1-2-16-10-5-3-4-9(10)14-12(15)8-6-11(13)17-7-8/h6-7,9-10H,2-5H2,1H3,(H,14,15). The van der Waals surface area contributed by atoms with E-state index in [2.05, 4.69) is 28.2 Å². The molecular formula is C12H16BrNOS2. The Balaban J connectivity index is 1.94. The van der Waals surface area contributed by atoms with E-state index in [1.54, 1.807) is 11.3 Å². The van der Waals surface area contributed by atoms with E-state index in [1.165, 1.54) is 12.8 Å². The van der Waals surface area contributed by atoms with Gasteiger partial charge < -0.3 is 5.32 Å². The van der Waals surface area contributed by atoms with Crippen LogP contribution in [0.2, 0.25) is 0 Å². The van der Waals surface area contributed by atoms with Crippen molar-refractivity contribution in [3.8, 4) is 0 Å². The Morgan fingerprint density at radius 3 is 3.12 bits per heavy atom. The third kappa shape index (κ3) is 3.48. The van der Waals surface area contributed by atoms with Gasteiger partial charge in [0.2, 0.25) is 0 Å². The molecule has 1 saturated carbocycles. The lowest BCUT2D eigenvalue weighted by Gasteiger charge is -2.19. The van der Waals surface area contributed by atoms with Gasteiger partial charge in [0.1, 0.15) is 0 Å². The molecule has 1 fully saturated rings. The van der Waals surface area contributed by atoms with Crippen LogP contribution in [0.1, 0.15) is 36.5 Å². The van der Waals surface area contributed by atoms with Gasteiger partial charge in [-0.25, -0.2) is 0 Å². The number of rotatable bonds is 4. The molecule has 17 heavy (non-hydrogen) atoms. The zero-order valence-electron chi connectivity index (χ0n) is 9.74. The first kappa shape index (κ1) is 13.4. The van der Waals surface area contributed by atoms with E-state index in [9.17, 15) is 4.79 Å². The monoisotopic (exact) mass is 333 g/mol. The van der Waals surface area contributed by atoms with Crippen molar-refractivity contribution in [2.24, 2.45) is 0 Å². The number of amides is 1. The van der Waals surface area contributed by atoms with Gasteiger partial charge in [-0.2, -0.15) is 11.8 Å². The fraction of sp³-hybridized carbons (Fsp3) is 0.583. The van der Waals surface area contributed by atoms with Gasteiger partial charge in [-0.05, 0) is 40.6 Å². The van der Waals surface area contributed by atoms with Crippen molar-refractivity contribution in [1.82, 2.24) is 5.32 Å². The fourth-order valence-corrected chi connectivity index (χ4v) is 4.52. The molecule has 1 aliphatic rings. The Hall–Kier alpha value is -0.000000000000000111. The average molecular weight is 334 g/mol. The molecule has 5 heteroatoms. The van der Waals surface area contributed by atoms with Crippen LogP contribution in [0, 0.1) is 0 Å². The predicted octanol–water partition coefficient (Wildman–Crippen LogP) is 3.91. The summed E-state index contributed by atoms with van der Waals surface area (Å²) >= 11 is 6.90. The highest BCUT2D eigenvalue weighted by Gasteiger charge is 2.28. The van der Waals surface area contributed by atoms with Gasteiger partial charge in [0.15, 0.2) is 0 Å². The van der Waals surface area contributed by atoms with E-state index in [1.807, 2.05) is 23.2 Å². The van der Waals surface area contributed by atoms with Gasteiger partial charge in [0, 0.05) is 16.7 Å². The maximum Gasteiger partial charge on any atom is 0.252 e. The molecule has 0 aliphatic heterocycles. The summed E-state index contributed by atoms with van der Waals surface area (Å²) in [6, 6.07) is 2.24. The maximum absolute atomic E-state index is 12.0. The highest BCUT2D eigenvalue weighted by atomic mass is 79.9. The van der Waals surface area contributed by atoms with Gasteiger partial charge in [0.05, 0.1) is 9.35 Å². The summed E-state index contributed by atoms with van der Waals surface area (Å²) in [7, 11) is 0. The van der Waals surface area contributed by atoms with E-state index < -0.39 is 0 Å². The number of carbonyl (C=O) groups is 1. The van der Waals surface area contributed by atoms with Crippen LogP contribution in [-0.2, 0) is 0 Å². The summed E-state index contributed by atoms with van der Waals surface area (Å²) in [4.78, 5) is 12.0. The number of hydrogen-bond donors (Lipinski definition) is 1. The van der Waals surface area contributed by atoms with Gasteiger partial charge in [0.25, 0.3) is 5.91 Å². The van der Waals surface area contributed by atoms with Crippen LogP contribution in [0.25, 0.3) is 0 Å². The van der Waals surface area contributed by atoms with Gasteiger partial charge in [-0.3, -0.25) is 4.79 Å². The molecule has 0 radical (unpaired) electrons. The van der Waals surface area contributed by atoms with Crippen LogP contribution in [-0.4, -0.2) is 23.0 Å². The molecule has 2 nitrogen and oxygen atoms in total. The first-order valence-electron chi connectivity index (χ1n) is 5.87. The van der Waals surface area contributed by atoms with Crippen molar-refractivity contribution >= 4 is 44.9 Å². The molecule has 1 amide bonds. The topological polar surface area (TPSA) is 29.1 Å². The summed E-state index contributed by atoms with van der Waals surface area (Å²) in [6.07, 6.45) is 3.58. The molecule has 1 heterocycles. The Morgan fingerprint density at radius 2 is 2.47 bits per heavy atom. The largest absolute Gasteiger partial charge is 0.348 e. The molecular weight excluding hydrogens is 318 g/mol. The van der Waals surface area contributed by atoms with Crippen molar-refractivity contribution in [3.05, 3.63) is 20.8 Å². The van der Waals surface area contributed by atoms with Gasteiger partial charge in [-0.15, -0.1) is 11.3 Å². The van der Waals surface area contributed by atoms with Crippen molar-refractivity contribution in [2.75, 3.05) is 5.75 Å². The number of carbonyl (C=O) groups excluding carboxylic acids is 1. The second-order valence-electron chi connectivity index (χ2n) is 4.14. The molecule has 0 saturated heterocycles. The van der Waals surface area contributed by atoms with E-state index in [4.69, 9.17) is 0 Å². The Labute approximate surface area is 119 Å². The summed E-state index contributed by atoms with van der Waals surface area (Å²) in [6.45, 7) is 2.18. The molecule has 0 aromatic carbocycles. The molecule has 0 spiro atoms. The number of hydrogen-bond acceptors (Lipinski definition) is 3. The molecule has 2 atom stereocenters. The quantitative estimate of drug-likeness (QED) is 0.904. The second-order valence-corrected chi connectivity index (χ2v) is 7.95. The Bertz CT molecular complexity index is 394. The third-order valence-electron chi connectivity index (χ3n) is 2.98. The number of thiophene rings is 1. The van der Waals surface area contributed by atoms with Crippen molar-refractivity contribution < 1.29 is 4.79 Å². The zero-order valence-corrected chi connectivity index (χ0v) is 13.0. The second kappa shape index (κ2) is 6.25. The normalized spacial score (nSPS) is 23.9. The van der Waals surface area contributed by atoms with Crippen molar-refractivity contribution in [1.29, 1.82) is 0 Å². The predicted molar refractivity (Wildman–Crippen MR) is 79.0 cm³/mol. The van der Waals surface area contributed by atoms with Crippen LogP contribution < -0.4 is 5.32 Å². The van der Waals surface area contributed by atoms with E-state index >= 15 is 0 Å². The van der Waals surface area contributed by atoms with Crippen molar-refractivity contribution in [3.63, 3.8) is 0 Å². The summed E-state index contributed by atoms with van der Waals surface area (Å²) in [5.74, 6) is 1.20. The minimum atomic E-state index is 0.0700. The SMILES string of the molecule is CCSC1CCCC1NC(=O)c1csc(Br)c1. The van der Waals surface area contributed by atoms with Crippen LogP contribution in [0.15, 0.2) is 15.2 Å². The van der Waals surface area contributed by atoms with E-state index in [0.29, 0.717) is 11.3 Å². The lowest BCUT2D eigenvalue weighted by atomic mass is 10.2. The smallest absolute Gasteiger partial charge is 0.252 e. The summed E-state index contributed by atoms with van der Waals surface area (Å²) < 4.78 is 1.01.